The molecule has 2 rings (SSSR count). The van der Waals surface area contributed by atoms with Crippen molar-refractivity contribution in [2.24, 2.45) is 0 Å². The van der Waals surface area contributed by atoms with Crippen LogP contribution in [0.3, 0.4) is 0 Å². The summed E-state index contributed by atoms with van der Waals surface area (Å²) in [7, 11) is 0. The molecule has 0 saturated heterocycles. The summed E-state index contributed by atoms with van der Waals surface area (Å²) in [5.74, 6) is 0.896. The Bertz CT molecular complexity index is 515. The first-order chi connectivity index (χ1) is 8.19. The lowest BCUT2D eigenvalue weighted by molar-refractivity contribution is 0.478. The van der Waals surface area contributed by atoms with Gasteiger partial charge in [-0.15, -0.1) is 10.2 Å². The summed E-state index contributed by atoms with van der Waals surface area (Å²) < 4.78 is 1.92. The number of rotatable bonds is 4. The number of nitrogens with two attached hydrogens (primary N) is 1. The highest BCUT2D eigenvalue weighted by Crippen LogP contribution is 2.30. The Hall–Kier alpha value is -0.920. The summed E-state index contributed by atoms with van der Waals surface area (Å²) in [6, 6.07) is 5.24. The van der Waals surface area contributed by atoms with E-state index in [-0.39, 0.29) is 5.75 Å². The van der Waals surface area contributed by atoms with E-state index >= 15 is 0 Å². The van der Waals surface area contributed by atoms with Crippen molar-refractivity contribution >= 4 is 40.5 Å². The summed E-state index contributed by atoms with van der Waals surface area (Å²) in [4.78, 5) is 0. The van der Waals surface area contributed by atoms with Crippen molar-refractivity contribution in [2.75, 3.05) is 12.0 Å². The van der Waals surface area contributed by atoms with Crippen LogP contribution in [-0.4, -0.2) is 21.6 Å². The average molecular weight is 285 g/mol. The second-order valence-electron chi connectivity index (χ2n) is 3.22. The Morgan fingerprint density at radius 1 is 1.35 bits per heavy atom. The molecule has 0 atom stereocenters. The first-order valence-electron chi connectivity index (χ1n) is 4.76. The summed E-state index contributed by atoms with van der Waals surface area (Å²) in [5, 5.41) is 17.4. The Balaban J connectivity index is 1.99. The molecule has 1 heterocycles. The molecule has 7 heteroatoms. The standard InChI is InChI=1S/C10H11N3OS3/c1-15-9-12-13-10(17-9)16-5-6-2-3-8(14)7(11)4-6/h2-4,14H,5,11H2,1H3. The van der Waals surface area contributed by atoms with Crippen LogP contribution in [0.1, 0.15) is 5.56 Å². The highest BCUT2D eigenvalue weighted by molar-refractivity contribution is 8.02. The molecule has 1 aromatic heterocycles. The van der Waals surface area contributed by atoms with Gasteiger partial charge >= 0.3 is 0 Å². The molecule has 4 nitrogen and oxygen atoms in total. The lowest BCUT2D eigenvalue weighted by Crippen LogP contribution is -1.88. The van der Waals surface area contributed by atoms with Crippen molar-refractivity contribution in [3.63, 3.8) is 0 Å². The largest absolute Gasteiger partial charge is 0.506 e. The number of hydrogen-bond donors (Lipinski definition) is 2. The SMILES string of the molecule is CSc1nnc(SCc2ccc(O)c(N)c2)s1. The van der Waals surface area contributed by atoms with E-state index < -0.39 is 0 Å². The number of phenolic OH excluding ortho intramolecular Hbond substituents is 1. The third-order valence-electron chi connectivity index (χ3n) is 2.02. The van der Waals surface area contributed by atoms with E-state index in [9.17, 15) is 5.11 Å². The van der Waals surface area contributed by atoms with Crippen LogP contribution in [0.4, 0.5) is 5.69 Å². The predicted octanol–water partition coefficient (Wildman–Crippen LogP) is 2.84. The average Bonchev–Trinajstić information content (AvgIpc) is 2.79. The molecule has 2 aromatic rings. The summed E-state index contributed by atoms with van der Waals surface area (Å²) >= 11 is 4.80. The van der Waals surface area contributed by atoms with Gasteiger partial charge in [0.05, 0.1) is 5.69 Å². The molecule has 1 aromatic carbocycles. The fourth-order valence-corrected chi connectivity index (χ4v) is 3.56. The van der Waals surface area contributed by atoms with Crippen LogP contribution in [0.25, 0.3) is 0 Å². The van der Waals surface area contributed by atoms with Crippen molar-refractivity contribution in [1.29, 1.82) is 0 Å². The topological polar surface area (TPSA) is 72.0 Å². The number of hydrogen-bond acceptors (Lipinski definition) is 7. The van der Waals surface area contributed by atoms with Gasteiger partial charge in [0.2, 0.25) is 0 Å². The zero-order valence-corrected chi connectivity index (χ0v) is 11.5. The van der Waals surface area contributed by atoms with E-state index in [1.54, 1.807) is 47.0 Å². The van der Waals surface area contributed by atoms with Crippen molar-refractivity contribution in [1.82, 2.24) is 10.2 Å². The van der Waals surface area contributed by atoms with Crippen LogP contribution in [0.15, 0.2) is 26.9 Å². The van der Waals surface area contributed by atoms with Gasteiger partial charge in [-0.05, 0) is 24.0 Å². The van der Waals surface area contributed by atoms with Gasteiger partial charge in [-0.25, -0.2) is 0 Å². The van der Waals surface area contributed by atoms with Gasteiger partial charge in [0.15, 0.2) is 8.68 Å². The molecule has 0 saturated carbocycles. The second kappa shape index (κ2) is 5.61. The van der Waals surface area contributed by atoms with Gasteiger partial charge in [0, 0.05) is 5.75 Å². The molecule has 0 aliphatic rings. The molecule has 0 aliphatic carbocycles. The quantitative estimate of drug-likeness (QED) is 0.511. The molecule has 0 bridgehead atoms. The maximum absolute atomic E-state index is 9.31. The zero-order chi connectivity index (χ0) is 12.3. The second-order valence-corrected chi connectivity index (χ2v) is 6.47. The lowest BCUT2D eigenvalue weighted by Gasteiger charge is -2.02. The Morgan fingerprint density at radius 2 is 2.12 bits per heavy atom. The van der Waals surface area contributed by atoms with Crippen molar-refractivity contribution in [3.8, 4) is 5.75 Å². The van der Waals surface area contributed by atoms with E-state index in [2.05, 4.69) is 10.2 Å². The summed E-state index contributed by atoms with van der Waals surface area (Å²) in [6.45, 7) is 0. The Morgan fingerprint density at radius 3 is 2.76 bits per heavy atom. The molecule has 0 spiro atoms. The molecule has 17 heavy (non-hydrogen) atoms. The Kier molecular flexibility index (Phi) is 4.14. The number of nitrogen functional groups attached to an aromatic ring is 1. The predicted molar refractivity (Wildman–Crippen MR) is 73.8 cm³/mol. The van der Waals surface area contributed by atoms with Crippen LogP contribution in [0, 0.1) is 0 Å². The van der Waals surface area contributed by atoms with E-state index in [0.29, 0.717) is 5.69 Å². The van der Waals surface area contributed by atoms with Crippen molar-refractivity contribution < 1.29 is 5.11 Å². The fourth-order valence-electron chi connectivity index (χ4n) is 1.18. The van der Waals surface area contributed by atoms with Gasteiger partial charge in [-0.3, -0.25) is 0 Å². The normalized spacial score (nSPS) is 10.6. The molecule has 90 valence electrons. The number of nitrogens with zero attached hydrogens (tertiary/aromatic N) is 2. The van der Waals surface area contributed by atoms with Gasteiger partial charge in [0.25, 0.3) is 0 Å². The first-order valence-corrected chi connectivity index (χ1v) is 7.79. The van der Waals surface area contributed by atoms with Gasteiger partial charge in [-0.1, -0.05) is 40.9 Å². The number of thioether (sulfide) groups is 2. The van der Waals surface area contributed by atoms with E-state index in [1.165, 1.54) is 0 Å². The molecule has 0 unspecified atom stereocenters. The summed E-state index contributed by atoms with van der Waals surface area (Å²) in [5.41, 5.74) is 7.10. The van der Waals surface area contributed by atoms with Crippen LogP contribution in [0.5, 0.6) is 5.75 Å². The molecule has 0 radical (unpaired) electrons. The Labute approximate surface area is 112 Å². The third-order valence-corrected chi connectivity index (χ3v) is 5.12. The monoisotopic (exact) mass is 285 g/mol. The number of anilines is 1. The van der Waals surface area contributed by atoms with Crippen LogP contribution in [-0.2, 0) is 5.75 Å². The molecule has 0 aliphatic heterocycles. The van der Waals surface area contributed by atoms with Gasteiger partial charge < -0.3 is 10.8 Å². The zero-order valence-electron chi connectivity index (χ0n) is 9.08. The lowest BCUT2D eigenvalue weighted by atomic mass is 10.2. The maximum Gasteiger partial charge on any atom is 0.175 e. The highest BCUT2D eigenvalue weighted by Gasteiger charge is 2.05. The van der Waals surface area contributed by atoms with Gasteiger partial charge in [0.1, 0.15) is 5.75 Å². The smallest absolute Gasteiger partial charge is 0.175 e. The maximum atomic E-state index is 9.31. The first kappa shape index (κ1) is 12.5. The molecule has 0 fully saturated rings. The minimum absolute atomic E-state index is 0.124. The molecular weight excluding hydrogens is 274 g/mol. The minimum Gasteiger partial charge on any atom is -0.506 e. The third kappa shape index (κ3) is 3.27. The van der Waals surface area contributed by atoms with Gasteiger partial charge in [-0.2, -0.15) is 0 Å². The highest BCUT2D eigenvalue weighted by atomic mass is 32.2. The number of phenols is 1. The summed E-state index contributed by atoms with van der Waals surface area (Å²) in [6.07, 6.45) is 1.98. The minimum atomic E-state index is 0.124. The van der Waals surface area contributed by atoms with Crippen molar-refractivity contribution in [2.45, 2.75) is 14.4 Å². The van der Waals surface area contributed by atoms with E-state index in [0.717, 1.165) is 20.0 Å². The molecule has 3 N–H and O–H groups in total. The van der Waals surface area contributed by atoms with Crippen molar-refractivity contribution in [3.05, 3.63) is 23.8 Å². The molecule has 0 amide bonds. The van der Waals surface area contributed by atoms with Crippen LogP contribution < -0.4 is 5.73 Å². The van der Waals surface area contributed by atoms with E-state index in [1.807, 2.05) is 12.3 Å². The fraction of sp³-hybridized carbons (Fsp3) is 0.200. The van der Waals surface area contributed by atoms with Crippen LogP contribution >= 0.6 is 34.9 Å². The number of benzene rings is 1. The number of aromatic hydroxyl groups is 1. The van der Waals surface area contributed by atoms with Crippen LogP contribution in [0.2, 0.25) is 0 Å². The van der Waals surface area contributed by atoms with E-state index in [4.69, 9.17) is 5.73 Å². The molecular formula is C10H11N3OS3. The number of aromatic nitrogens is 2.